The molecule has 7 nitrogen and oxygen atoms in total. The van der Waals surface area contributed by atoms with E-state index in [-0.39, 0.29) is 12.1 Å². The van der Waals surface area contributed by atoms with Crippen molar-refractivity contribution in [3.8, 4) is 5.75 Å². The first-order valence-electron chi connectivity index (χ1n) is 13.5. The molecule has 1 aromatic heterocycles. The fraction of sp³-hybridized carbons (Fsp3) is 0.586. The summed E-state index contributed by atoms with van der Waals surface area (Å²) in [5.41, 5.74) is 4.71. The number of esters is 1. The van der Waals surface area contributed by atoms with Crippen molar-refractivity contribution in [1.82, 2.24) is 9.88 Å². The van der Waals surface area contributed by atoms with E-state index in [1.807, 2.05) is 12.1 Å². The van der Waals surface area contributed by atoms with Gasteiger partial charge in [-0.2, -0.15) is 0 Å². The lowest BCUT2D eigenvalue weighted by Crippen LogP contribution is -2.55. The molecule has 0 spiro atoms. The second-order valence-electron chi connectivity index (χ2n) is 10.3. The Balaban J connectivity index is 1.06. The van der Waals surface area contributed by atoms with Gasteiger partial charge in [-0.3, -0.25) is 4.90 Å². The molecule has 2 aliphatic heterocycles. The average Bonchev–Trinajstić information content (AvgIpc) is 3.73. The molecule has 1 atom stereocenters. The second-order valence-corrected chi connectivity index (χ2v) is 10.3. The zero-order valence-corrected chi connectivity index (χ0v) is 21.6. The molecular formula is C29H39N3O4. The first-order valence-corrected chi connectivity index (χ1v) is 13.5. The predicted octanol–water partition coefficient (Wildman–Crippen LogP) is 4.65. The van der Waals surface area contributed by atoms with Crippen molar-refractivity contribution in [2.75, 3.05) is 45.8 Å². The number of benzene rings is 1. The van der Waals surface area contributed by atoms with Crippen molar-refractivity contribution in [2.24, 2.45) is 0 Å². The van der Waals surface area contributed by atoms with E-state index in [1.54, 1.807) is 7.11 Å². The van der Waals surface area contributed by atoms with Gasteiger partial charge in [0.2, 0.25) is 0 Å². The highest BCUT2D eigenvalue weighted by molar-refractivity contribution is 5.79. The number of likely N-dealkylation sites (tertiary alicyclic amines) is 1. The monoisotopic (exact) mass is 493 g/mol. The average molecular weight is 494 g/mol. The van der Waals surface area contributed by atoms with Crippen LogP contribution in [0.5, 0.6) is 5.75 Å². The van der Waals surface area contributed by atoms with Gasteiger partial charge in [0.1, 0.15) is 17.6 Å². The molecule has 2 aromatic rings. The van der Waals surface area contributed by atoms with E-state index < -0.39 is 6.04 Å². The van der Waals surface area contributed by atoms with Crippen molar-refractivity contribution in [3.05, 3.63) is 52.7 Å². The van der Waals surface area contributed by atoms with E-state index in [0.717, 1.165) is 88.3 Å². The lowest BCUT2D eigenvalue weighted by Gasteiger charge is -2.43. The molecule has 1 aromatic carbocycles. The Morgan fingerprint density at radius 2 is 2.00 bits per heavy atom. The zero-order valence-electron chi connectivity index (χ0n) is 21.6. The molecule has 36 heavy (non-hydrogen) atoms. The summed E-state index contributed by atoms with van der Waals surface area (Å²) in [6.07, 6.45) is 9.09. The third kappa shape index (κ3) is 5.68. The predicted molar refractivity (Wildman–Crippen MR) is 140 cm³/mol. The Morgan fingerprint density at radius 1 is 1.14 bits per heavy atom. The number of pyridine rings is 1. The lowest BCUT2D eigenvalue weighted by atomic mass is 9.92. The molecule has 2 fully saturated rings. The molecular weight excluding hydrogens is 454 g/mol. The fourth-order valence-corrected chi connectivity index (χ4v) is 5.50. The number of ether oxygens (including phenoxy) is 3. The van der Waals surface area contributed by atoms with Crippen LogP contribution in [-0.4, -0.2) is 62.4 Å². The minimum Gasteiger partial charge on any atom is -0.496 e. The molecule has 1 saturated heterocycles. The van der Waals surface area contributed by atoms with Crippen LogP contribution in [0.15, 0.2) is 30.3 Å². The normalized spacial score (nSPS) is 18.6. The summed E-state index contributed by atoms with van der Waals surface area (Å²) in [5.74, 6) is 2.22. The number of anilines is 1. The summed E-state index contributed by atoms with van der Waals surface area (Å²) in [4.78, 5) is 19.8. The number of nitrogens with one attached hydrogen (secondary N) is 1. The maximum atomic E-state index is 12.8. The molecule has 5 rings (SSSR count). The second kappa shape index (κ2) is 11.6. The van der Waals surface area contributed by atoms with Gasteiger partial charge in [0.05, 0.1) is 20.3 Å². The Hall–Kier alpha value is -2.64. The number of rotatable bonds is 12. The fourth-order valence-electron chi connectivity index (χ4n) is 5.50. The Morgan fingerprint density at radius 3 is 2.78 bits per heavy atom. The molecule has 1 aliphatic carbocycles. The van der Waals surface area contributed by atoms with Crippen LogP contribution >= 0.6 is 0 Å². The number of carbonyl (C=O) groups excluding carboxylic acids is 1. The zero-order chi connectivity index (χ0) is 24.9. The van der Waals surface area contributed by atoms with E-state index >= 15 is 0 Å². The van der Waals surface area contributed by atoms with Gasteiger partial charge in [0.15, 0.2) is 0 Å². The standard InChI is InChI=1S/C29H39N3O4/c1-34-25-11-6-10-24(26(25)20-12-13-20)27(29(33)35-2)32-18-23(19-32)36-17-5-3-4-9-22-15-14-21-8-7-16-30-28(21)31-22/h6,10-11,14-15,20,23,27H,3-5,7-9,12-13,16-19H2,1-2H3,(H,30,31). The number of fused-ring (bicyclic) bond motifs is 1. The highest BCUT2D eigenvalue weighted by atomic mass is 16.5. The highest BCUT2D eigenvalue weighted by Gasteiger charge is 2.41. The number of nitrogens with zero attached hydrogens (tertiary/aromatic N) is 2. The van der Waals surface area contributed by atoms with Crippen LogP contribution in [0, 0.1) is 0 Å². The van der Waals surface area contributed by atoms with Gasteiger partial charge in [-0.05, 0) is 74.1 Å². The van der Waals surface area contributed by atoms with E-state index in [4.69, 9.17) is 19.2 Å². The van der Waals surface area contributed by atoms with E-state index in [9.17, 15) is 4.79 Å². The van der Waals surface area contributed by atoms with Gasteiger partial charge in [-0.1, -0.05) is 24.6 Å². The maximum absolute atomic E-state index is 12.8. The van der Waals surface area contributed by atoms with Crippen LogP contribution in [0.3, 0.4) is 0 Å². The Kier molecular flexibility index (Phi) is 8.07. The first-order chi connectivity index (χ1) is 17.7. The molecule has 1 unspecified atom stereocenters. The van der Waals surface area contributed by atoms with Crippen molar-refractivity contribution in [3.63, 3.8) is 0 Å². The number of aryl methyl sites for hydroxylation is 2. The number of carbonyl (C=O) groups is 1. The summed E-state index contributed by atoms with van der Waals surface area (Å²) in [5, 5.41) is 3.42. The van der Waals surface area contributed by atoms with Gasteiger partial charge in [-0.25, -0.2) is 9.78 Å². The minimum absolute atomic E-state index is 0.167. The molecule has 3 heterocycles. The highest BCUT2D eigenvalue weighted by Crippen LogP contribution is 2.48. The molecule has 0 amide bonds. The summed E-state index contributed by atoms with van der Waals surface area (Å²) in [6.45, 7) is 3.27. The topological polar surface area (TPSA) is 72.9 Å². The molecule has 1 N–H and O–H groups in total. The SMILES string of the molecule is COC(=O)C(c1cccc(OC)c1C1CC1)N1CC(OCCCCCc2ccc3c(n2)NCCC3)C1. The van der Waals surface area contributed by atoms with Gasteiger partial charge in [0.25, 0.3) is 0 Å². The number of hydrogen-bond acceptors (Lipinski definition) is 7. The summed E-state index contributed by atoms with van der Waals surface area (Å²) in [6, 6.07) is 10.0. The van der Waals surface area contributed by atoms with Crippen LogP contribution in [0.1, 0.15) is 72.9 Å². The summed E-state index contributed by atoms with van der Waals surface area (Å²) < 4.78 is 17.0. The largest absolute Gasteiger partial charge is 0.496 e. The van der Waals surface area contributed by atoms with E-state index in [0.29, 0.717) is 5.92 Å². The molecule has 0 bridgehead atoms. The van der Waals surface area contributed by atoms with Crippen molar-refractivity contribution >= 4 is 11.8 Å². The molecule has 3 aliphatic rings. The van der Waals surface area contributed by atoms with Crippen LogP contribution < -0.4 is 10.1 Å². The van der Waals surface area contributed by atoms with Crippen LogP contribution in [0.25, 0.3) is 0 Å². The Bertz CT molecular complexity index is 1050. The van der Waals surface area contributed by atoms with Crippen LogP contribution in [-0.2, 0) is 27.1 Å². The van der Waals surface area contributed by atoms with Crippen LogP contribution in [0.2, 0.25) is 0 Å². The van der Waals surface area contributed by atoms with Crippen molar-refractivity contribution in [2.45, 2.75) is 69.4 Å². The molecule has 1 saturated carbocycles. The number of methoxy groups -OCH3 is 2. The minimum atomic E-state index is -0.404. The van der Waals surface area contributed by atoms with Gasteiger partial charge in [-0.15, -0.1) is 0 Å². The first kappa shape index (κ1) is 25.0. The maximum Gasteiger partial charge on any atom is 0.327 e. The van der Waals surface area contributed by atoms with Crippen molar-refractivity contribution in [1.29, 1.82) is 0 Å². The third-order valence-electron chi connectivity index (χ3n) is 7.65. The smallest absolute Gasteiger partial charge is 0.327 e. The Labute approximate surface area is 214 Å². The van der Waals surface area contributed by atoms with E-state index in [1.165, 1.54) is 30.4 Å². The van der Waals surface area contributed by atoms with Crippen LogP contribution in [0.4, 0.5) is 5.82 Å². The number of hydrogen-bond donors (Lipinski definition) is 1. The third-order valence-corrected chi connectivity index (χ3v) is 7.65. The quantitative estimate of drug-likeness (QED) is 0.341. The summed E-state index contributed by atoms with van der Waals surface area (Å²) in [7, 11) is 3.17. The molecule has 194 valence electrons. The number of unbranched alkanes of at least 4 members (excludes halogenated alkanes) is 2. The number of aromatic nitrogens is 1. The van der Waals surface area contributed by atoms with Gasteiger partial charge in [0, 0.05) is 37.5 Å². The van der Waals surface area contributed by atoms with Gasteiger partial charge >= 0.3 is 5.97 Å². The molecule has 7 heteroatoms. The summed E-state index contributed by atoms with van der Waals surface area (Å²) >= 11 is 0. The lowest BCUT2D eigenvalue weighted by molar-refractivity contribution is -0.154. The van der Waals surface area contributed by atoms with Gasteiger partial charge < -0.3 is 19.5 Å². The van der Waals surface area contributed by atoms with Crippen molar-refractivity contribution < 1.29 is 19.0 Å². The molecule has 0 radical (unpaired) electrons. The van der Waals surface area contributed by atoms with E-state index in [2.05, 4.69) is 28.4 Å².